The Hall–Kier alpha value is -4.70. The number of phenolic OH excluding ortho intramolecular Hbond substituents is 1. The van der Waals surface area contributed by atoms with Crippen LogP contribution in [0.4, 0.5) is 10.1 Å². The predicted octanol–water partition coefficient (Wildman–Crippen LogP) is 5.98. The van der Waals surface area contributed by atoms with Gasteiger partial charge in [-0.1, -0.05) is 41.4 Å². The van der Waals surface area contributed by atoms with Crippen molar-refractivity contribution in [3.63, 3.8) is 0 Å². The van der Waals surface area contributed by atoms with Crippen LogP contribution in [-0.2, 0) is 24.6 Å². The Morgan fingerprint density at radius 1 is 0.938 bits per heavy atom. The van der Waals surface area contributed by atoms with E-state index in [0.29, 0.717) is 21.8 Å². The third kappa shape index (κ3) is 4.56. The average molecular weight is 672 g/mol. The molecule has 0 spiro atoms. The van der Waals surface area contributed by atoms with Crippen LogP contribution in [0, 0.1) is 29.5 Å². The third-order valence-corrected chi connectivity index (χ3v) is 10.7. The van der Waals surface area contributed by atoms with Crippen LogP contribution in [0.3, 0.4) is 0 Å². The van der Waals surface area contributed by atoms with E-state index in [1.807, 2.05) is 26.8 Å². The number of aromatic hydroxyl groups is 1. The number of hydrogen-bond acceptors (Lipinski definition) is 7. The highest BCUT2D eigenvalue weighted by molar-refractivity contribution is 6.30. The first-order valence-electron chi connectivity index (χ1n) is 15.9. The van der Waals surface area contributed by atoms with E-state index in [9.17, 15) is 23.9 Å². The van der Waals surface area contributed by atoms with Crippen molar-refractivity contribution in [1.29, 1.82) is 0 Å². The topological polar surface area (TPSA) is 116 Å². The molecule has 9 nitrogen and oxygen atoms in total. The number of likely N-dealkylation sites (tertiary alicyclic amines) is 1. The maximum absolute atomic E-state index is 15.1. The van der Waals surface area contributed by atoms with Crippen LogP contribution in [-0.4, -0.2) is 51.3 Å². The highest BCUT2D eigenvalue weighted by atomic mass is 35.5. The zero-order valence-electron chi connectivity index (χ0n) is 26.9. The molecule has 2 N–H and O–H groups in total. The molecule has 2 aliphatic carbocycles. The molecule has 2 heterocycles. The lowest BCUT2D eigenvalue weighted by atomic mass is 9.49. The van der Waals surface area contributed by atoms with Crippen LogP contribution in [0.1, 0.15) is 50.7 Å². The number of ether oxygens (including phenoxy) is 1. The number of phenols is 1. The van der Waals surface area contributed by atoms with E-state index < -0.39 is 58.2 Å². The van der Waals surface area contributed by atoms with Gasteiger partial charge >= 0.3 is 0 Å². The molecule has 3 fully saturated rings. The fourth-order valence-electron chi connectivity index (χ4n) is 8.58. The van der Waals surface area contributed by atoms with Gasteiger partial charge in [-0.3, -0.25) is 29.5 Å². The molecule has 0 aromatic heterocycles. The lowest BCUT2D eigenvalue weighted by molar-refractivity contribution is -0.146. The number of rotatable bonds is 5. The van der Waals surface area contributed by atoms with Gasteiger partial charge in [-0.15, -0.1) is 0 Å². The van der Waals surface area contributed by atoms with E-state index in [0.717, 1.165) is 10.6 Å². The van der Waals surface area contributed by atoms with Crippen LogP contribution >= 0.6 is 11.6 Å². The summed E-state index contributed by atoms with van der Waals surface area (Å²) in [5.74, 6) is -5.69. The Morgan fingerprint density at radius 3 is 2.25 bits per heavy atom. The molecule has 3 aromatic carbocycles. The molecule has 248 valence electrons. The zero-order valence-corrected chi connectivity index (χ0v) is 27.6. The smallest absolute Gasteiger partial charge is 0.260 e. The number of benzene rings is 3. The van der Waals surface area contributed by atoms with Gasteiger partial charge in [0.2, 0.25) is 11.8 Å². The number of carbonyl (C=O) groups excluding carboxylic acids is 4. The number of nitrogens with zero attached hydrogens (tertiary/aromatic N) is 2. The quantitative estimate of drug-likeness (QED) is 0.253. The Labute approximate surface area is 282 Å². The van der Waals surface area contributed by atoms with Crippen molar-refractivity contribution in [2.75, 3.05) is 12.5 Å². The summed E-state index contributed by atoms with van der Waals surface area (Å²) in [6.45, 7) is 5.46. The van der Waals surface area contributed by atoms with Gasteiger partial charge in [-0.2, -0.15) is 5.01 Å². The first-order chi connectivity index (χ1) is 22.8. The summed E-state index contributed by atoms with van der Waals surface area (Å²) in [5.41, 5.74) is 2.80. The number of hydrazine groups is 1. The minimum atomic E-state index is -1.54. The van der Waals surface area contributed by atoms with Gasteiger partial charge in [0.15, 0.2) is 11.5 Å². The molecule has 4 amide bonds. The molecule has 7 rings (SSSR count). The molecule has 0 radical (unpaired) electrons. The van der Waals surface area contributed by atoms with Gasteiger partial charge < -0.3 is 9.84 Å². The van der Waals surface area contributed by atoms with E-state index in [1.165, 1.54) is 42.3 Å². The maximum atomic E-state index is 15.1. The van der Waals surface area contributed by atoms with Crippen LogP contribution in [0.2, 0.25) is 5.02 Å². The highest BCUT2D eigenvalue weighted by Gasteiger charge is 2.70. The number of anilines is 1. The van der Waals surface area contributed by atoms with E-state index in [1.54, 1.807) is 36.4 Å². The van der Waals surface area contributed by atoms with Crippen LogP contribution in [0.25, 0.3) is 0 Å². The van der Waals surface area contributed by atoms with Crippen LogP contribution in [0.5, 0.6) is 11.5 Å². The molecule has 48 heavy (non-hydrogen) atoms. The van der Waals surface area contributed by atoms with Crippen LogP contribution in [0.15, 0.2) is 78.4 Å². The average Bonchev–Trinajstić information content (AvgIpc) is 3.43. The predicted molar refractivity (Wildman–Crippen MR) is 175 cm³/mol. The van der Waals surface area contributed by atoms with Crippen molar-refractivity contribution in [2.45, 2.75) is 50.5 Å². The van der Waals surface area contributed by atoms with Gasteiger partial charge in [0.1, 0.15) is 5.82 Å². The van der Waals surface area contributed by atoms with E-state index in [4.69, 9.17) is 16.3 Å². The molecule has 2 aliphatic heterocycles. The maximum Gasteiger partial charge on any atom is 0.260 e. The summed E-state index contributed by atoms with van der Waals surface area (Å²) < 4.78 is 19.1. The van der Waals surface area contributed by atoms with Gasteiger partial charge in [0.05, 0.1) is 36.0 Å². The Morgan fingerprint density at radius 2 is 1.62 bits per heavy atom. The minimum absolute atomic E-state index is 0.122. The number of imide groups is 2. The largest absolute Gasteiger partial charge is 0.504 e. The summed E-state index contributed by atoms with van der Waals surface area (Å²) in [6, 6.07) is 17.0. The van der Waals surface area contributed by atoms with Gasteiger partial charge in [0.25, 0.3) is 11.8 Å². The van der Waals surface area contributed by atoms with Crippen molar-refractivity contribution < 1.29 is 33.4 Å². The van der Waals surface area contributed by atoms with Gasteiger partial charge in [-0.25, -0.2) is 4.39 Å². The van der Waals surface area contributed by atoms with Crippen molar-refractivity contribution in [3.05, 3.63) is 100 Å². The Kier molecular flexibility index (Phi) is 7.43. The van der Waals surface area contributed by atoms with Crippen molar-refractivity contribution >= 4 is 40.9 Å². The summed E-state index contributed by atoms with van der Waals surface area (Å²) in [4.78, 5) is 59.0. The first kappa shape index (κ1) is 31.9. The second kappa shape index (κ2) is 11.2. The third-order valence-electron chi connectivity index (χ3n) is 10.5. The van der Waals surface area contributed by atoms with E-state index >= 15 is 4.79 Å². The number of amides is 4. The number of nitrogens with one attached hydrogen (secondary N) is 1. The molecular weight excluding hydrogens is 637 g/mol. The van der Waals surface area contributed by atoms with Crippen molar-refractivity contribution in [3.8, 4) is 11.5 Å². The monoisotopic (exact) mass is 671 g/mol. The molecule has 6 atom stereocenters. The Balaban J connectivity index is 1.46. The number of fused-ring (bicyclic) bond motifs is 4. The lowest BCUT2D eigenvalue weighted by Gasteiger charge is -2.50. The first-order valence-corrected chi connectivity index (χ1v) is 16.3. The molecule has 6 unspecified atom stereocenters. The number of methoxy groups -OCH3 is 1. The zero-order chi connectivity index (χ0) is 34.3. The molecule has 3 aromatic rings. The fraction of sp³-hybridized carbons (Fsp3) is 0.351. The SMILES string of the molecule is COc1ccc(C2C3=CCC4C(=O)N(C(C)(C)C)C(=O)C4C3CC3C(=O)N(Nc4ccc(F)cc4)C(=O)C32c2ccc(Cl)cc2)cc1O. The van der Waals surface area contributed by atoms with Gasteiger partial charge in [-0.05, 0) is 99.2 Å². The summed E-state index contributed by atoms with van der Waals surface area (Å²) >= 11 is 6.33. The summed E-state index contributed by atoms with van der Waals surface area (Å²) in [6.07, 6.45) is 2.36. The van der Waals surface area contributed by atoms with Crippen molar-refractivity contribution in [2.24, 2.45) is 23.7 Å². The van der Waals surface area contributed by atoms with Crippen molar-refractivity contribution in [1.82, 2.24) is 9.91 Å². The molecule has 1 saturated carbocycles. The van der Waals surface area contributed by atoms with Gasteiger partial charge in [0, 0.05) is 16.5 Å². The lowest BCUT2D eigenvalue weighted by Crippen LogP contribution is -2.53. The summed E-state index contributed by atoms with van der Waals surface area (Å²) in [7, 11) is 1.43. The molecule has 0 bridgehead atoms. The second-order valence-electron chi connectivity index (χ2n) is 14.0. The van der Waals surface area contributed by atoms with Crippen LogP contribution < -0.4 is 10.2 Å². The molecule has 11 heteroatoms. The van der Waals surface area contributed by atoms with E-state index in [-0.39, 0.29) is 36.2 Å². The normalized spacial score (nSPS) is 28.2. The Bertz CT molecular complexity index is 1890. The fourth-order valence-corrected chi connectivity index (χ4v) is 8.70. The number of allylic oxidation sites excluding steroid dienone is 2. The number of halogens is 2. The minimum Gasteiger partial charge on any atom is -0.504 e. The molecule has 2 saturated heterocycles. The standard InChI is InChI=1S/C37H35ClFN3O6/c1-36(2,3)41-32(44)25-15-14-24-26(30(25)34(41)46)18-27-33(45)42(40-23-12-10-22(39)11-13-23)35(47)37(27,20-6-8-21(38)9-7-20)31(24)19-5-16-29(48-4)28(43)17-19/h5-14,16-17,25-27,30-31,40,43H,15,18H2,1-4H3. The second-order valence-corrected chi connectivity index (χ2v) is 14.4. The molecule has 4 aliphatic rings. The molecular formula is C37H35ClFN3O6. The number of carbonyl (C=O) groups is 4. The summed E-state index contributed by atoms with van der Waals surface area (Å²) in [5, 5.41) is 12.4. The number of hydrogen-bond donors (Lipinski definition) is 2. The van der Waals surface area contributed by atoms with E-state index in [2.05, 4.69) is 5.43 Å². The highest BCUT2D eigenvalue weighted by Crippen LogP contribution is 2.64.